The highest BCUT2D eigenvalue weighted by Crippen LogP contribution is 2.40. The Morgan fingerprint density at radius 1 is 1.32 bits per heavy atom. The van der Waals surface area contributed by atoms with Crippen molar-refractivity contribution in [3.8, 4) is 0 Å². The second kappa shape index (κ2) is 5.77. The number of fused-ring (bicyclic) bond motifs is 1. The molecule has 1 aromatic rings. The van der Waals surface area contributed by atoms with E-state index in [9.17, 15) is 9.90 Å². The molecule has 1 aromatic carbocycles. The van der Waals surface area contributed by atoms with Crippen molar-refractivity contribution in [3.63, 3.8) is 0 Å². The molecule has 0 bridgehead atoms. The summed E-state index contributed by atoms with van der Waals surface area (Å²) in [5, 5.41) is 9.68. The molecule has 1 atom stereocenters. The standard InChI is InChI=1S/C17H24O2/c1-13(2)6-5-10-17(16(18)19)11-9-14-7-3-4-8-15(14)12-17/h3-4,7-8,13H,5-6,9-12H2,1-2H3,(H,18,19). The van der Waals surface area contributed by atoms with Crippen molar-refractivity contribution in [2.45, 2.75) is 52.4 Å². The molecule has 2 nitrogen and oxygen atoms in total. The van der Waals surface area contributed by atoms with E-state index in [1.807, 2.05) is 12.1 Å². The van der Waals surface area contributed by atoms with E-state index < -0.39 is 11.4 Å². The number of rotatable bonds is 5. The van der Waals surface area contributed by atoms with E-state index in [1.165, 1.54) is 11.1 Å². The Morgan fingerprint density at radius 3 is 2.63 bits per heavy atom. The normalized spacial score (nSPS) is 22.3. The van der Waals surface area contributed by atoms with Crippen LogP contribution < -0.4 is 0 Å². The fourth-order valence-electron chi connectivity index (χ4n) is 3.15. The molecule has 1 unspecified atom stereocenters. The lowest BCUT2D eigenvalue weighted by Crippen LogP contribution is -2.37. The van der Waals surface area contributed by atoms with Crippen LogP contribution in [0.15, 0.2) is 24.3 Å². The molecule has 0 heterocycles. The predicted molar refractivity (Wildman–Crippen MR) is 77.2 cm³/mol. The molecule has 1 aliphatic rings. The van der Waals surface area contributed by atoms with Crippen LogP contribution in [0, 0.1) is 11.3 Å². The van der Waals surface area contributed by atoms with Gasteiger partial charge in [-0.1, -0.05) is 51.0 Å². The Bertz CT molecular complexity index is 450. The SMILES string of the molecule is CC(C)CCCC1(C(=O)O)CCc2ccccc2C1. The summed E-state index contributed by atoms with van der Waals surface area (Å²) >= 11 is 0. The molecule has 0 radical (unpaired) electrons. The first-order valence-electron chi connectivity index (χ1n) is 7.34. The van der Waals surface area contributed by atoms with E-state index in [1.54, 1.807) is 0 Å². The first-order valence-corrected chi connectivity index (χ1v) is 7.34. The molecule has 1 N–H and O–H groups in total. The number of hydrogen-bond donors (Lipinski definition) is 1. The summed E-state index contributed by atoms with van der Waals surface area (Å²) in [7, 11) is 0. The fraction of sp³-hybridized carbons (Fsp3) is 0.588. The van der Waals surface area contributed by atoms with Crippen LogP contribution in [0.25, 0.3) is 0 Å². The molecule has 0 aromatic heterocycles. The molecule has 0 fully saturated rings. The van der Waals surface area contributed by atoms with E-state index in [-0.39, 0.29) is 0 Å². The summed E-state index contributed by atoms with van der Waals surface area (Å²) < 4.78 is 0. The van der Waals surface area contributed by atoms with Crippen molar-refractivity contribution in [1.29, 1.82) is 0 Å². The summed E-state index contributed by atoms with van der Waals surface area (Å²) in [6.45, 7) is 4.40. The second-order valence-electron chi connectivity index (χ2n) is 6.32. The molecule has 0 aliphatic heterocycles. The minimum atomic E-state index is -0.606. The van der Waals surface area contributed by atoms with Crippen molar-refractivity contribution in [2.24, 2.45) is 11.3 Å². The van der Waals surface area contributed by atoms with Gasteiger partial charge in [-0.15, -0.1) is 0 Å². The van der Waals surface area contributed by atoms with Crippen molar-refractivity contribution in [2.75, 3.05) is 0 Å². The minimum absolute atomic E-state index is 0.525. The zero-order chi connectivity index (χ0) is 13.9. The summed E-state index contributed by atoms with van der Waals surface area (Å²) in [6, 6.07) is 8.29. The van der Waals surface area contributed by atoms with Gasteiger partial charge in [0.25, 0.3) is 0 Å². The summed E-state index contributed by atoms with van der Waals surface area (Å²) in [4.78, 5) is 11.8. The lowest BCUT2D eigenvalue weighted by atomic mass is 9.68. The number of benzene rings is 1. The molecular weight excluding hydrogens is 236 g/mol. The molecule has 0 amide bonds. The zero-order valence-electron chi connectivity index (χ0n) is 12.0. The van der Waals surface area contributed by atoms with Gasteiger partial charge in [-0.25, -0.2) is 0 Å². The smallest absolute Gasteiger partial charge is 0.309 e. The van der Waals surface area contributed by atoms with Gasteiger partial charge in [-0.2, -0.15) is 0 Å². The second-order valence-corrected chi connectivity index (χ2v) is 6.32. The summed E-state index contributed by atoms with van der Waals surface area (Å²) in [6.07, 6.45) is 5.36. The maximum Gasteiger partial charge on any atom is 0.309 e. The Hall–Kier alpha value is -1.31. The molecule has 2 rings (SSSR count). The van der Waals surface area contributed by atoms with Crippen LogP contribution in [-0.2, 0) is 17.6 Å². The van der Waals surface area contributed by atoms with Crippen LogP contribution >= 0.6 is 0 Å². The van der Waals surface area contributed by atoms with Gasteiger partial charge in [0.05, 0.1) is 5.41 Å². The van der Waals surface area contributed by atoms with E-state index in [0.29, 0.717) is 12.3 Å². The van der Waals surface area contributed by atoms with Crippen LogP contribution in [0.2, 0.25) is 0 Å². The summed E-state index contributed by atoms with van der Waals surface area (Å²) in [5.41, 5.74) is 2.05. The molecule has 1 aliphatic carbocycles. The van der Waals surface area contributed by atoms with Gasteiger partial charge in [0, 0.05) is 0 Å². The van der Waals surface area contributed by atoms with Crippen molar-refractivity contribution >= 4 is 5.97 Å². The average molecular weight is 260 g/mol. The highest BCUT2D eigenvalue weighted by molar-refractivity contribution is 5.75. The van der Waals surface area contributed by atoms with Crippen molar-refractivity contribution in [1.82, 2.24) is 0 Å². The maximum absolute atomic E-state index is 11.8. The number of carboxylic acid groups (broad SMARTS) is 1. The highest BCUT2D eigenvalue weighted by Gasteiger charge is 2.40. The van der Waals surface area contributed by atoms with E-state index in [4.69, 9.17) is 0 Å². The van der Waals surface area contributed by atoms with Crippen LogP contribution in [0.5, 0.6) is 0 Å². The third-order valence-corrected chi connectivity index (χ3v) is 4.41. The van der Waals surface area contributed by atoms with Crippen LogP contribution in [0.1, 0.15) is 50.7 Å². The Morgan fingerprint density at radius 2 is 2.00 bits per heavy atom. The van der Waals surface area contributed by atoms with Gasteiger partial charge in [0.1, 0.15) is 0 Å². The fourth-order valence-corrected chi connectivity index (χ4v) is 3.15. The minimum Gasteiger partial charge on any atom is -0.481 e. The van der Waals surface area contributed by atoms with E-state index in [2.05, 4.69) is 26.0 Å². The van der Waals surface area contributed by atoms with Crippen molar-refractivity contribution in [3.05, 3.63) is 35.4 Å². The molecule has 0 saturated carbocycles. The zero-order valence-corrected chi connectivity index (χ0v) is 12.0. The van der Waals surface area contributed by atoms with Gasteiger partial charge < -0.3 is 5.11 Å². The number of carboxylic acids is 1. The lowest BCUT2D eigenvalue weighted by Gasteiger charge is -2.34. The topological polar surface area (TPSA) is 37.3 Å². The van der Waals surface area contributed by atoms with Crippen LogP contribution in [0.4, 0.5) is 0 Å². The van der Waals surface area contributed by atoms with Crippen molar-refractivity contribution < 1.29 is 9.90 Å². The van der Waals surface area contributed by atoms with Gasteiger partial charge in [-0.05, 0) is 42.7 Å². The van der Waals surface area contributed by atoms with Gasteiger partial charge in [-0.3, -0.25) is 4.79 Å². The molecule has 2 heteroatoms. The number of carbonyl (C=O) groups is 1. The van der Waals surface area contributed by atoms with Gasteiger partial charge in [0.2, 0.25) is 0 Å². The molecule has 0 spiro atoms. The molecule has 104 valence electrons. The third-order valence-electron chi connectivity index (χ3n) is 4.41. The molecule has 19 heavy (non-hydrogen) atoms. The van der Waals surface area contributed by atoms with E-state index >= 15 is 0 Å². The molecular formula is C17H24O2. The monoisotopic (exact) mass is 260 g/mol. The van der Waals surface area contributed by atoms with E-state index in [0.717, 1.165) is 32.1 Å². The highest BCUT2D eigenvalue weighted by atomic mass is 16.4. The number of hydrogen-bond acceptors (Lipinski definition) is 1. The average Bonchev–Trinajstić information content (AvgIpc) is 2.38. The first-order chi connectivity index (χ1) is 9.03. The number of aliphatic carboxylic acids is 1. The summed E-state index contributed by atoms with van der Waals surface area (Å²) in [5.74, 6) is 0.0486. The third kappa shape index (κ3) is 3.17. The van der Waals surface area contributed by atoms with Crippen LogP contribution in [-0.4, -0.2) is 11.1 Å². The first kappa shape index (κ1) is 14.1. The Kier molecular flexibility index (Phi) is 4.28. The maximum atomic E-state index is 11.8. The van der Waals surface area contributed by atoms with Gasteiger partial charge in [0.15, 0.2) is 0 Å². The van der Waals surface area contributed by atoms with Gasteiger partial charge >= 0.3 is 5.97 Å². The quantitative estimate of drug-likeness (QED) is 0.866. The van der Waals surface area contributed by atoms with Crippen LogP contribution in [0.3, 0.4) is 0 Å². The predicted octanol–water partition coefficient (Wildman–Crippen LogP) is 4.07. The Balaban J connectivity index is 2.12. The molecule has 0 saturated heterocycles. The lowest BCUT2D eigenvalue weighted by molar-refractivity contribution is -0.150. The largest absolute Gasteiger partial charge is 0.481 e. The number of aryl methyl sites for hydroxylation is 1. The Labute approximate surface area is 115 Å².